The van der Waals surface area contributed by atoms with Gasteiger partial charge in [-0.2, -0.15) is 0 Å². The molecule has 0 bridgehead atoms. The van der Waals surface area contributed by atoms with E-state index in [1.54, 1.807) is 63.7 Å². The first-order valence-corrected chi connectivity index (χ1v) is 21.0. The molecule has 0 aromatic carbocycles. The molecule has 45 heavy (non-hydrogen) atoms. The summed E-state index contributed by atoms with van der Waals surface area (Å²) in [7, 11) is 0. The van der Waals surface area contributed by atoms with E-state index in [1.807, 2.05) is 0 Å². The Bertz CT molecular complexity index is 1250. The van der Waals surface area contributed by atoms with Gasteiger partial charge in [0.05, 0.1) is 12.1 Å². The zero-order chi connectivity index (χ0) is 30.1. The molecule has 246 valence electrons. The van der Waals surface area contributed by atoms with E-state index in [0.717, 1.165) is 107 Å². The molecule has 3 saturated heterocycles. The summed E-state index contributed by atoms with van der Waals surface area (Å²) in [4.78, 5) is 12.5. The highest BCUT2D eigenvalue weighted by Gasteiger charge is 2.74. The molecule has 7 aliphatic carbocycles. The number of fused-ring (bicyclic) bond motifs is 11. The maximum Gasteiger partial charge on any atom is 0.198 e. The van der Waals surface area contributed by atoms with Crippen molar-refractivity contribution in [1.82, 2.24) is 9.80 Å². The van der Waals surface area contributed by atoms with Crippen LogP contribution in [0.15, 0.2) is 4.99 Å². The van der Waals surface area contributed by atoms with Gasteiger partial charge < -0.3 is 9.80 Å². The van der Waals surface area contributed by atoms with Gasteiger partial charge in [-0.05, 0) is 134 Å². The van der Waals surface area contributed by atoms with Crippen LogP contribution in [0, 0.1) is 70.5 Å². The van der Waals surface area contributed by atoms with Gasteiger partial charge in [-0.1, -0.05) is 79.0 Å². The third-order valence-corrected chi connectivity index (χ3v) is 19.0. The Hall–Kier alpha value is -0.665. The molecule has 0 N–H and O–H groups in total. The Morgan fingerprint density at radius 3 is 2.22 bits per heavy atom. The topological polar surface area (TPSA) is 18.8 Å². The van der Waals surface area contributed by atoms with Crippen LogP contribution in [0.3, 0.4) is 0 Å². The van der Waals surface area contributed by atoms with Crippen LogP contribution in [0.4, 0.5) is 0 Å². The predicted octanol–water partition coefficient (Wildman–Crippen LogP) is 9.26. The standard InChI is InChI=1S/C41H64BN3/c1-21-12-17-32-38(22(21)2)43-40-44(32)31-18-14-24-13-16-27-34(24)36(31)39-37-35(27)26-10-6-8-23-9-7-11-28(33(23)26)42(37)29-20-25(41(3,4)5)15-19-30(29)45(39)40/h21-39H,6-20H2,1-5H3. The number of nitrogens with zero attached hydrogens (tertiary/aromatic N) is 3. The molecule has 10 fully saturated rings. The quantitative estimate of drug-likeness (QED) is 0.255. The summed E-state index contributed by atoms with van der Waals surface area (Å²) >= 11 is 0. The van der Waals surface area contributed by atoms with Gasteiger partial charge in [0.1, 0.15) is 0 Å². The van der Waals surface area contributed by atoms with E-state index in [9.17, 15) is 0 Å². The first-order chi connectivity index (χ1) is 21.8. The van der Waals surface area contributed by atoms with E-state index in [0.29, 0.717) is 17.5 Å². The molecule has 0 aromatic heterocycles. The van der Waals surface area contributed by atoms with Gasteiger partial charge in [-0.15, -0.1) is 0 Å². The lowest BCUT2D eigenvalue weighted by Crippen LogP contribution is -2.79. The van der Waals surface area contributed by atoms with Crippen LogP contribution in [0.1, 0.15) is 131 Å². The number of hydrogen-bond donors (Lipinski definition) is 0. The number of rotatable bonds is 0. The molecule has 3 nitrogen and oxygen atoms in total. The fraction of sp³-hybridized carbons (Fsp3) is 0.976. The van der Waals surface area contributed by atoms with Crippen LogP contribution < -0.4 is 0 Å². The van der Waals surface area contributed by atoms with Gasteiger partial charge in [0.25, 0.3) is 0 Å². The van der Waals surface area contributed by atoms with Gasteiger partial charge in [0.15, 0.2) is 12.7 Å². The zero-order valence-electron chi connectivity index (χ0n) is 29.5. The van der Waals surface area contributed by atoms with Crippen LogP contribution in [-0.2, 0) is 0 Å². The monoisotopic (exact) mass is 610 g/mol. The molecule has 4 heterocycles. The van der Waals surface area contributed by atoms with Crippen LogP contribution in [0.5, 0.6) is 0 Å². The lowest BCUT2D eigenvalue weighted by atomic mass is 9.13. The number of guanidine groups is 1. The van der Waals surface area contributed by atoms with Gasteiger partial charge >= 0.3 is 0 Å². The third-order valence-electron chi connectivity index (χ3n) is 19.0. The molecule has 19 unspecified atom stereocenters. The van der Waals surface area contributed by atoms with Gasteiger partial charge in [0, 0.05) is 24.0 Å². The van der Waals surface area contributed by atoms with E-state index >= 15 is 0 Å². The van der Waals surface area contributed by atoms with Crippen molar-refractivity contribution in [3.05, 3.63) is 0 Å². The Morgan fingerprint density at radius 1 is 0.644 bits per heavy atom. The summed E-state index contributed by atoms with van der Waals surface area (Å²) in [6.45, 7) is 13.9. The highest BCUT2D eigenvalue weighted by atomic mass is 15.5. The smallest absolute Gasteiger partial charge is 0.198 e. The Labute approximate surface area is 276 Å². The van der Waals surface area contributed by atoms with Crippen molar-refractivity contribution < 1.29 is 0 Å². The molecule has 0 amide bonds. The van der Waals surface area contributed by atoms with E-state index in [1.165, 1.54) is 38.5 Å². The van der Waals surface area contributed by atoms with Crippen molar-refractivity contribution in [3.63, 3.8) is 0 Å². The minimum absolute atomic E-state index is 0.447. The van der Waals surface area contributed by atoms with Crippen molar-refractivity contribution in [3.8, 4) is 0 Å². The van der Waals surface area contributed by atoms with Crippen LogP contribution in [-0.4, -0.2) is 52.7 Å². The van der Waals surface area contributed by atoms with Crippen LogP contribution >= 0.6 is 0 Å². The predicted molar refractivity (Wildman–Crippen MR) is 186 cm³/mol. The second kappa shape index (κ2) is 9.52. The summed E-state index contributed by atoms with van der Waals surface area (Å²) in [5.74, 6) is 15.5. The SMILES string of the molecule is CC1CCC2C(N=C3N2C2CCC4CCC5C6C7CCCC8CCCC(B9C%10CC(C(C)(C)C)CCC%10N3C(C96)C2C45)C87)C1C. The molecule has 7 saturated carbocycles. The molecule has 0 radical (unpaired) electrons. The fourth-order valence-electron chi connectivity index (χ4n) is 17.6. The maximum atomic E-state index is 6.04. The summed E-state index contributed by atoms with van der Waals surface area (Å²) in [5.41, 5.74) is 0.447. The lowest BCUT2D eigenvalue weighted by molar-refractivity contribution is -0.129. The van der Waals surface area contributed by atoms with E-state index in [-0.39, 0.29) is 0 Å². The van der Waals surface area contributed by atoms with Crippen molar-refractivity contribution in [2.24, 2.45) is 75.5 Å². The minimum atomic E-state index is 0.447. The van der Waals surface area contributed by atoms with Crippen molar-refractivity contribution in [2.75, 3.05) is 0 Å². The Morgan fingerprint density at radius 2 is 1.38 bits per heavy atom. The maximum absolute atomic E-state index is 6.04. The van der Waals surface area contributed by atoms with E-state index in [2.05, 4.69) is 44.4 Å². The van der Waals surface area contributed by atoms with Crippen LogP contribution in [0.2, 0.25) is 17.5 Å². The molecule has 4 heteroatoms. The average molecular weight is 610 g/mol. The number of aliphatic imine (C=N–C) groups is 1. The molecular formula is C41H64BN3. The van der Waals surface area contributed by atoms with Crippen molar-refractivity contribution >= 4 is 12.7 Å². The average Bonchev–Trinajstić information content (AvgIpc) is 3.65. The largest absolute Gasteiger partial charge is 0.337 e. The lowest BCUT2D eigenvalue weighted by Gasteiger charge is -2.74. The Kier molecular flexibility index (Phi) is 5.96. The highest BCUT2D eigenvalue weighted by Crippen LogP contribution is 2.75. The molecule has 11 rings (SSSR count). The Balaban J connectivity index is 1.11. The summed E-state index contributed by atoms with van der Waals surface area (Å²) in [5, 5.41) is 0. The second-order valence-electron chi connectivity index (χ2n) is 20.9. The molecule has 0 aromatic rings. The molecule has 19 atom stereocenters. The summed E-state index contributed by atoms with van der Waals surface area (Å²) in [6, 6.07) is 3.71. The number of hydrogen-bond acceptors (Lipinski definition) is 3. The first-order valence-electron chi connectivity index (χ1n) is 21.0. The van der Waals surface area contributed by atoms with E-state index in [4.69, 9.17) is 4.99 Å². The summed E-state index contributed by atoms with van der Waals surface area (Å²) < 4.78 is 0. The van der Waals surface area contributed by atoms with Crippen molar-refractivity contribution in [1.29, 1.82) is 0 Å². The van der Waals surface area contributed by atoms with E-state index < -0.39 is 0 Å². The van der Waals surface area contributed by atoms with Gasteiger partial charge in [0.2, 0.25) is 0 Å². The molecule has 0 spiro atoms. The van der Waals surface area contributed by atoms with Gasteiger partial charge in [-0.25, -0.2) is 4.99 Å². The first kappa shape index (κ1) is 28.2. The third kappa shape index (κ3) is 3.51. The highest BCUT2D eigenvalue weighted by molar-refractivity contribution is 6.65. The summed E-state index contributed by atoms with van der Waals surface area (Å²) in [6.07, 6.45) is 23.0. The molecule has 11 aliphatic rings. The second-order valence-corrected chi connectivity index (χ2v) is 20.9. The van der Waals surface area contributed by atoms with Crippen LogP contribution in [0.25, 0.3) is 0 Å². The minimum Gasteiger partial charge on any atom is -0.337 e. The molecule has 4 aliphatic heterocycles. The molecular weight excluding hydrogens is 545 g/mol. The van der Waals surface area contributed by atoms with Gasteiger partial charge in [-0.3, -0.25) is 0 Å². The van der Waals surface area contributed by atoms with Crippen molar-refractivity contribution in [2.45, 2.75) is 179 Å². The normalized spacial score (nSPS) is 58.6. The fourth-order valence-corrected chi connectivity index (χ4v) is 17.6. The zero-order valence-corrected chi connectivity index (χ0v) is 29.5.